The molecule has 1 aromatic carbocycles. The van der Waals surface area contributed by atoms with Crippen molar-refractivity contribution in [1.29, 1.82) is 0 Å². The molecule has 1 aliphatic heterocycles. The average Bonchev–Trinajstić information content (AvgIpc) is 3.48. The van der Waals surface area contributed by atoms with Crippen molar-refractivity contribution < 1.29 is 4.74 Å². The molecule has 2 aromatic heterocycles. The van der Waals surface area contributed by atoms with Crippen molar-refractivity contribution in [1.82, 2.24) is 19.9 Å². The van der Waals surface area contributed by atoms with Crippen LogP contribution in [0.4, 0.5) is 5.82 Å². The number of methoxy groups -OCH3 is 1. The maximum Gasteiger partial charge on any atom is 0.133 e. The summed E-state index contributed by atoms with van der Waals surface area (Å²) in [6.07, 6.45) is 6.86. The maximum atomic E-state index is 5.21. The molecule has 0 saturated heterocycles. The third-order valence-corrected chi connectivity index (χ3v) is 5.22. The molecule has 136 valence electrons. The van der Waals surface area contributed by atoms with E-state index in [0.717, 1.165) is 42.6 Å². The Hall–Kier alpha value is -3.02. The van der Waals surface area contributed by atoms with Crippen LogP contribution in [-0.2, 0) is 19.5 Å². The Morgan fingerprint density at radius 3 is 2.70 bits per heavy atom. The molecule has 0 amide bonds. The minimum Gasteiger partial charge on any atom is -0.497 e. The molecule has 0 unspecified atom stereocenters. The van der Waals surface area contributed by atoms with Gasteiger partial charge in [0.1, 0.15) is 23.7 Å². The predicted molar refractivity (Wildman–Crippen MR) is 102 cm³/mol. The van der Waals surface area contributed by atoms with E-state index in [1.807, 2.05) is 18.3 Å². The number of anilines is 1. The van der Waals surface area contributed by atoms with Crippen LogP contribution in [0, 0.1) is 0 Å². The van der Waals surface area contributed by atoms with Crippen LogP contribution in [0.1, 0.15) is 47.1 Å². The number of nitrogens with zero attached hydrogens (tertiary/aromatic N) is 5. The molecule has 6 heteroatoms. The lowest BCUT2D eigenvalue weighted by atomic mass is 10.1. The van der Waals surface area contributed by atoms with Gasteiger partial charge in [-0.25, -0.2) is 19.9 Å². The van der Waals surface area contributed by atoms with E-state index in [1.54, 1.807) is 13.4 Å². The number of aromatic nitrogens is 4. The number of ether oxygens (including phenoxy) is 1. The molecular weight excluding hydrogens is 338 g/mol. The molecule has 1 fully saturated rings. The molecule has 0 spiro atoms. The maximum absolute atomic E-state index is 5.21. The third kappa shape index (κ3) is 3.35. The van der Waals surface area contributed by atoms with E-state index in [0.29, 0.717) is 5.92 Å². The van der Waals surface area contributed by atoms with Gasteiger partial charge in [0.25, 0.3) is 0 Å². The fourth-order valence-corrected chi connectivity index (χ4v) is 3.50. The van der Waals surface area contributed by atoms with E-state index < -0.39 is 0 Å². The van der Waals surface area contributed by atoms with E-state index in [1.165, 1.54) is 29.7 Å². The van der Waals surface area contributed by atoms with Crippen molar-refractivity contribution >= 4 is 5.82 Å². The van der Waals surface area contributed by atoms with Gasteiger partial charge < -0.3 is 9.64 Å². The van der Waals surface area contributed by atoms with Gasteiger partial charge in [0.15, 0.2) is 0 Å². The second-order valence-corrected chi connectivity index (χ2v) is 7.21. The molecule has 0 radical (unpaired) electrons. The molecule has 0 bridgehead atoms. The summed E-state index contributed by atoms with van der Waals surface area (Å²) >= 11 is 0. The molecule has 2 aliphatic rings. The van der Waals surface area contributed by atoms with Crippen molar-refractivity contribution in [2.24, 2.45) is 0 Å². The van der Waals surface area contributed by atoms with Crippen molar-refractivity contribution in [2.45, 2.75) is 38.3 Å². The SMILES string of the molecule is COc1ccc(Cc2ncc3c(n2)CN(c2cc(C4CC4)ncn2)C3)cc1. The van der Waals surface area contributed by atoms with E-state index in [4.69, 9.17) is 9.72 Å². The summed E-state index contributed by atoms with van der Waals surface area (Å²) in [7, 11) is 1.68. The van der Waals surface area contributed by atoms with Crippen LogP contribution >= 0.6 is 0 Å². The Labute approximate surface area is 158 Å². The quantitative estimate of drug-likeness (QED) is 0.697. The second kappa shape index (κ2) is 6.61. The molecule has 27 heavy (non-hydrogen) atoms. The van der Waals surface area contributed by atoms with Gasteiger partial charge in [-0.1, -0.05) is 12.1 Å². The minimum atomic E-state index is 0.632. The van der Waals surface area contributed by atoms with Crippen LogP contribution in [0.2, 0.25) is 0 Å². The monoisotopic (exact) mass is 359 g/mol. The molecule has 6 nitrogen and oxygen atoms in total. The standard InChI is InChI=1S/C21H21N5O/c1-27-17-6-2-14(3-7-17)8-20-22-10-16-11-26(12-19(16)25-20)21-9-18(15-4-5-15)23-13-24-21/h2-3,6-7,9-10,13,15H,4-5,8,11-12H2,1H3. The highest BCUT2D eigenvalue weighted by molar-refractivity contribution is 5.46. The first-order valence-electron chi connectivity index (χ1n) is 9.32. The molecular formula is C21H21N5O. The normalized spacial score (nSPS) is 15.7. The molecule has 5 rings (SSSR count). The van der Waals surface area contributed by atoms with Gasteiger partial charge in [0.2, 0.25) is 0 Å². The lowest BCUT2D eigenvalue weighted by Crippen LogP contribution is -2.16. The number of fused-ring (bicyclic) bond motifs is 1. The lowest BCUT2D eigenvalue weighted by molar-refractivity contribution is 0.414. The highest BCUT2D eigenvalue weighted by Gasteiger charge is 2.27. The van der Waals surface area contributed by atoms with Gasteiger partial charge in [0.05, 0.1) is 19.3 Å². The number of rotatable bonds is 5. The average molecular weight is 359 g/mol. The largest absolute Gasteiger partial charge is 0.497 e. The van der Waals surface area contributed by atoms with E-state index >= 15 is 0 Å². The Kier molecular flexibility index (Phi) is 3.96. The van der Waals surface area contributed by atoms with E-state index in [9.17, 15) is 0 Å². The topological polar surface area (TPSA) is 64.0 Å². The fourth-order valence-electron chi connectivity index (χ4n) is 3.50. The summed E-state index contributed by atoms with van der Waals surface area (Å²) < 4.78 is 5.21. The number of benzene rings is 1. The van der Waals surface area contributed by atoms with E-state index in [-0.39, 0.29) is 0 Å². The zero-order valence-electron chi connectivity index (χ0n) is 15.3. The summed E-state index contributed by atoms with van der Waals surface area (Å²) in [5.41, 5.74) is 4.62. The zero-order chi connectivity index (χ0) is 18.2. The first-order chi connectivity index (χ1) is 13.3. The van der Waals surface area contributed by atoms with Crippen molar-refractivity contribution in [3.05, 3.63) is 71.2 Å². The van der Waals surface area contributed by atoms with Gasteiger partial charge >= 0.3 is 0 Å². The van der Waals surface area contributed by atoms with Crippen LogP contribution in [0.5, 0.6) is 5.75 Å². The molecule has 3 heterocycles. The Balaban J connectivity index is 1.32. The molecule has 1 saturated carbocycles. The molecule has 0 atom stereocenters. The van der Waals surface area contributed by atoms with Crippen LogP contribution in [-0.4, -0.2) is 27.0 Å². The van der Waals surface area contributed by atoms with Crippen molar-refractivity contribution in [2.75, 3.05) is 12.0 Å². The van der Waals surface area contributed by atoms with Crippen molar-refractivity contribution in [3.8, 4) is 5.75 Å². The van der Waals surface area contributed by atoms with Gasteiger partial charge in [-0.3, -0.25) is 0 Å². The summed E-state index contributed by atoms with van der Waals surface area (Å²) in [6, 6.07) is 10.2. The van der Waals surface area contributed by atoms with Crippen LogP contribution in [0.3, 0.4) is 0 Å². The lowest BCUT2D eigenvalue weighted by Gasteiger charge is -2.16. The van der Waals surface area contributed by atoms with Gasteiger partial charge in [-0.2, -0.15) is 0 Å². The Bertz CT molecular complexity index is 969. The number of hydrogen-bond donors (Lipinski definition) is 0. The van der Waals surface area contributed by atoms with Gasteiger partial charge in [-0.15, -0.1) is 0 Å². The Morgan fingerprint density at radius 2 is 1.93 bits per heavy atom. The van der Waals surface area contributed by atoms with Crippen LogP contribution in [0.15, 0.2) is 42.9 Å². The Morgan fingerprint density at radius 1 is 1.07 bits per heavy atom. The predicted octanol–water partition coefficient (Wildman–Crippen LogP) is 3.26. The molecule has 1 aliphatic carbocycles. The highest BCUT2D eigenvalue weighted by atomic mass is 16.5. The van der Waals surface area contributed by atoms with Crippen molar-refractivity contribution in [3.63, 3.8) is 0 Å². The highest BCUT2D eigenvalue weighted by Crippen LogP contribution is 2.40. The van der Waals surface area contributed by atoms with Crippen LogP contribution < -0.4 is 9.64 Å². The van der Waals surface area contributed by atoms with Gasteiger partial charge in [-0.05, 0) is 30.5 Å². The van der Waals surface area contributed by atoms with E-state index in [2.05, 4.69) is 38.1 Å². The number of hydrogen-bond acceptors (Lipinski definition) is 6. The van der Waals surface area contributed by atoms with Gasteiger partial charge in [0, 0.05) is 42.4 Å². The second-order valence-electron chi connectivity index (χ2n) is 7.21. The minimum absolute atomic E-state index is 0.632. The first kappa shape index (κ1) is 16.2. The first-order valence-corrected chi connectivity index (χ1v) is 9.32. The summed E-state index contributed by atoms with van der Waals surface area (Å²) in [6.45, 7) is 1.58. The third-order valence-electron chi connectivity index (χ3n) is 5.22. The summed E-state index contributed by atoms with van der Waals surface area (Å²) in [5.74, 6) is 3.33. The summed E-state index contributed by atoms with van der Waals surface area (Å²) in [4.78, 5) is 20.5. The smallest absolute Gasteiger partial charge is 0.133 e. The molecule has 0 N–H and O–H groups in total. The zero-order valence-corrected chi connectivity index (χ0v) is 15.3. The fraction of sp³-hybridized carbons (Fsp3) is 0.333. The molecule has 3 aromatic rings. The van der Waals surface area contributed by atoms with Crippen LogP contribution in [0.25, 0.3) is 0 Å². The summed E-state index contributed by atoms with van der Waals surface area (Å²) in [5, 5.41) is 0.